The van der Waals surface area contributed by atoms with Gasteiger partial charge in [-0.3, -0.25) is 14.8 Å². The molecule has 0 atom stereocenters. The largest absolute Gasteiger partial charge is 0.494 e. The van der Waals surface area contributed by atoms with E-state index in [0.717, 1.165) is 11.4 Å². The molecule has 0 saturated heterocycles. The maximum Gasteiger partial charge on any atom is 0.273 e. The first-order valence-electron chi connectivity index (χ1n) is 6.31. The molecule has 0 spiro atoms. The Balaban J connectivity index is 2.14. The van der Waals surface area contributed by atoms with E-state index in [9.17, 15) is 10.1 Å². The first kappa shape index (κ1) is 15.7. The lowest BCUT2D eigenvalue weighted by Gasteiger charge is -2.12. The zero-order valence-electron chi connectivity index (χ0n) is 12.3. The van der Waals surface area contributed by atoms with Crippen molar-refractivity contribution in [1.82, 2.24) is 9.78 Å². The molecule has 0 aliphatic rings. The lowest BCUT2D eigenvalue weighted by Crippen LogP contribution is -2.19. The second kappa shape index (κ2) is 6.39. The normalized spacial score (nSPS) is 10.1. The van der Waals surface area contributed by atoms with Gasteiger partial charge in [0.25, 0.3) is 5.69 Å². The van der Waals surface area contributed by atoms with Gasteiger partial charge in [0.05, 0.1) is 35.2 Å². The topological polar surface area (TPSA) is 94.3 Å². The van der Waals surface area contributed by atoms with Crippen molar-refractivity contribution in [2.24, 2.45) is 7.05 Å². The van der Waals surface area contributed by atoms with Crippen LogP contribution in [0.3, 0.4) is 0 Å². The molecular weight excluding hydrogens is 306 g/mol. The molecule has 0 aliphatic carbocycles. The first-order chi connectivity index (χ1) is 10.4. The number of hydrogen-bond acceptors (Lipinski definition) is 5. The number of aromatic nitrogens is 2. The Morgan fingerprint density at radius 2 is 2.09 bits per heavy atom. The summed E-state index contributed by atoms with van der Waals surface area (Å²) in [5.74, 6) is 0.334. The number of benzene rings is 1. The summed E-state index contributed by atoms with van der Waals surface area (Å²) in [6.45, 7) is 1.86. The molecule has 0 saturated carbocycles. The molecule has 22 heavy (non-hydrogen) atoms. The molecule has 0 radical (unpaired) electrons. The SMILES string of the molecule is COc1cc([N+](=O)[O-])ccc1NC(=S)Nc1cn(C)nc1C. The van der Waals surface area contributed by atoms with Gasteiger partial charge >= 0.3 is 0 Å². The molecule has 1 heterocycles. The summed E-state index contributed by atoms with van der Waals surface area (Å²) in [6, 6.07) is 4.25. The standard InChI is InChI=1S/C13H15N5O3S/c1-8-11(7-17(2)16-8)15-13(22)14-10-5-4-9(18(19)20)6-12(10)21-3/h4-7H,1-3H3,(H2,14,15,22). The van der Waals surface area contributed by atoms with Crippen LogP contribution in [0.4, 0.5) is 17.1 Å². The van der Waals surface area contributed by atoms with E-state index in [-0.39, 0.29) is 5.69 Å². The van der Waals surface area contributed by atoms with Gasteiger partial charge in [0.1, 0.15) is 5.75 Å². The minimum Gasteiger partial charge on any atom is -0.494 e. The van der Waals surface area contributed by atoms with E-state index in [2.05, 4.69) is 15.7 Å². The molecule has 0 amide bonds. The molecule has 8 nitrogen and oxygen atoms in total. The molecule has 0 fully saturated rings. The zero-order valence-corrected chi connectivity index (χ0v) is 13.1. The predicted octanol–water partition coefficient (Wildman–Crippen LogP) is 2.45. The molecule has 2 rings (SSSR count). The highest BCUT2D eigenvalue weighted by molar-refractivity contribution is 7.80. The highest BCUT2D eigenvalue weighted by Gasteiger charge is 2.13. The zero-order chi connectivity index (χ0) is 16.3. The number of nitro groups is 1. The quantitative estimate of drug-likeness (QED) is 0.507. The van der Waals surface area contributed by atoms with E-state index in [0.29, 0.717) is 16.5 Å². The summed E-state index contributed by atoms with van der Waals surface area (Å²) in [6.07, 6.45) is 1.80. The van der Waals surface area contributed by atoms with Crippen molar-refractivity contribution in [1.29, 1.82) is 0 Å². The number of rotatable bonds is 4. The molecule has 1 aromatic heterocycles. The molecule has 2 N–H and O–H groups in total. The molecule has 9 heteroatoms. The highest BCUT2D eigenvalue weighted by atomic mass is 32.1. The average molecular weight is 321 g/mol. The van der Waals surface area contributed by atoms with E-state index in [1.807, 2.05) is 14.0 Å². The number of aryl methyl sites for hydroxylation is 2. The van der Waals surface area contributed by atoms with Crippen LogP contribution in [0.5, 0.6) is 5.75 Å². The molecule has 0 unspecified atom stereocenters. The molecule has 1 aromatic carbocycles. The van der Waals surface area contributed by atoms with E-state index in [4.69, 9.17) is 17.0 Å². The molecule has 0 bridgehead atoms. The van der Waals surface area contributed by atoms with Crippen molar-refractivity contribution in [3.8, 4) is 5.75 Å². The van der Waals surface area contributed by atoms with Crippen LogP contribution >= 0.6 is 12.2 Å². The lowest BCUT2D eigenvalue weighted by atomic mass is 10.2. The Morgan fingerprint density at radius 1 is 1.41 bits per heavy atom. The second-order valence-corrected chi connectivity index (χ2v) is 4.93. The van der Waals surface area contributed by atoms with Crippen molar-refractivity contribution in [2.45, 2.75) is 6.92 Å². The van der Waals surface area contributed by atoms with E-state index in [1.165, 1.54) is 19.2 Å². The van der Waals surface area contributed by atoms with Gasteiger partial charge in [-0.25, -0.2) is 0 Å². The number of ether oxygens (including phenoxy) is 1. The Hall–Kier alpha value is -2.68. The van der Waals surface area contributed by atoms with Gasteiger partial charge in [-0.05, 0) is 25.2 Å². The summed E-state index contributed by atoms with van der Waals surface area (Å²) < 4.78 is 6.82. The van der Waals surface area contributed by atoms with Crippen LogP contribution in [0.2, 0.25) is 0 Å². The van der Waals surface area contributed by atoms with E-state index < -0.39 is 4.92 Å². The fourth-order valence-electron chi connectivity index (χ4n) is 1.89. The number of anilines is 2. The van der Waals surface area contributed by atoms with Crippen LogP contribution in [0, 0.1) is 17.0 Å². The Labute approximate surface area is 132 Å². The first-order valence-corrected chi connectivity index (χ1v) is 6.72. The van der Waals surface area contributed by atoms with Gasteiger partial charge in [-0.2, -0.15) is 5.10 Å². The number of nitrogens with zero attached hydrogens (tertiary/aromatic N) is 3. The average Bonchev–Trinajstić information content (AvgIpc) is 2.76. The number of non-ortho nitro benzene ring substituents is 1. The summed E-state index contributed by atoms with van der Waals surface area (Å²) in [4.78, 5) is 10.3. The Kier molecular flexibility index (Phi) is 4.56. The monoisotopic (exact) mass is 321 g/mol. The highest BCUT2D eigenvalue weighted by Crippen LogP contribution is 2.29. The fourth-order valence-corrected chi connectivity index (χ4v) is 2.11. The van der Waals surface area contributed by atoms with Crippen LogP contribution in [0.25, 0.3) is 0 Å². The molecule has 0 aliphatic heterocycles. The van der Waals surface area contributed by atoms with Crippen molar-refractivity contribution in [3.63, 3.8) is 0 Å². The molecule has 116 valence electrons. The summed E-state index contributed by atoms with van der Waals surface area (Å²) >= 11 is 5.23. The second-order valence-electron chi connectivity index (χ2n) is 4.52. The van der Waals surface area contributed by atoms with Gasteiger partial charge in [0.15, 0.2) is 5.11 Å². The van der Waals surface area contributed by atoms with Gasteiger partial charge in [-0.15, -0.1) is 0 Å². The maximum absolute atomic E-state index is 10.8. The van der Waals surface area contributed by atoms with Gasteiger partial charge in [0.2, 0.25) is 0 Å². The van der Waals surface area contributed by atoms with Gasteiger partial charge in [0, 0.05) is 19.3 Å². The number of methoxy groups -OCH3 is 1. The Bertz CT molecular complexity index is 728. The predicted molar refractivity (Wildman–Crippen MR) is 87.4 cm³/mol. The number of nitrogens with one attached hydrogen (secondary N) is 2. The Morgan fingerprint density at radius 3 is 2.64 bits per heavy atom. The van der Waals surface area contributed by atoms with Crippen molar-refractivity contribution >= 4 is 34.4 Å². The summed E-state index contributed by atoms with van der Waals surface area (Å²) in [5.41, 5.74) is 2.07. The van der Waals surface area contributed by atoms with Crippen LogP contribution in [-0.2, 0) is 7.05 Å². The minimum absolute atomic E-state index is 0.0515. The third-order valence-electron chi connectivity index (χ3n) is 2.91. The van der Waals surface area contributed by atoms with Gasteiger partial charge < -0.3 is 15.4 Å². The van der Waals surface area contributed by atoms with Crippen LogP contribution < -0.4 is 15.4 Å². The smallest absolute Gasteiger partial charge is 0.273 e. The van der Waals surface area contributed by atoms with Crippen LogP contribution in [0.1, 0.15) is 5.69 Å². The minimum atomic E-state index is -0.484. The third kappa shape index (κ3) is 3.50. The van der Waals surface area contributed by atoms with Crippen molar-refractivity contribution in [2.75, 3.05) is 17.7 Å². The maximum atomic E-state index is 10.8. The van der Waals surface area contributed by atoms with E-state index in [1.54, 1.807) is 16.9 Å². The van der Waals surface area contributed by atoms with Crippen molar-refractivity contribution < 1.29 is 9.66 Å². The van der Waals surface area contributed by atoms with Gasteiger partial charge in [-0.1, -0.05) is 0 Å². The third-order valence-corrected chi connectivity index (χ3v) is 3.11. The summed E-state index contributed by atoms with van der Waals surface area (Å²) in [5, 5.41) is 21.3. The summed E-state index contributed by atoms with van der Waals surface area (Å²) in [7, 11) is 3.25. The van der Waals surface area contributed by atoms with Crippen LogP contribution in [-0.4, -0.2) is 26.9 Å². The number of nitro benzene ring substituents is 1. The van der Waals surface area contributed by atoms with Crippen LogP contribution in [0.15, 0.2) is 24.4 Å². The number of hydrogen-bond donors (Lipinski definition) is 2. The fraction of sp³-hybridized carbons (Fsp3) is 0.231. The molecular formula is C13H15N5O3S. The lowest BCUT2D eigenvalue weighted by molar-refractivity contribution is -0.384. The van der Waals surface area contributed by atoms with E-state index >= 15 is 0 Å². The van der Waals surface area contributed by atoms with Crippen molar-refractivity contribution in [3.05, 3.63) is 40.2 Å². The molecule has 2 aromatic rings. The number of thiocarbonyl (C=S) groups is 1.